The van der Waals surface area contributed by atoms with E-state index in [0.29, 0.717) is 11.9 Å². The molecule has 0 saturated carbocycles. The van der Waals surface area contributed by atoms with Crippen LogP contribution in [0.4, 0.5) is 5.82 Å². The van der Waals surface area contributed by atoms with E-state index in [2.05, 4.69) is 35.9 Å². The number of halogens is 1. The zero-order valence-electron chi connectivity index (χ0n) is 8.87. The number of hydrogen-bond acceptors (Lipinski definition) is 3. The number of nitrogens with zero attached hydrogens (tertiary/aromatic N) is 3. The van der Waals surface area contributed by atoms with Crippen LogP contribution in [0.3, 0.4) is 0 Å². The summed E-state index contributed by atoms with van der Waals surface area (Å²) < 4.78 is 0. The van der Waals surface area contributed by atoms with E-state index < -0.39 is 0 Å². The van der Waals surface area contributed by atoms with Crippen LogP contribution < -0.4 is 4.90 Å². The predicted molar refractivity (Wildman–Crippen MR) is 59.7 cm³/mol. The second-order valence-electron chi connectivity index (χ2n) is 3.40. The molecule has 0 atom stereocenters. The van der Waals surface area contributed by atoms with Gasteiger partial charge in [0.1, 0.15) is 0 Å². The van der Waals surface area contributed by atoms with E-state index in [9.17, 15) is 0 Å². The van der Waals surface area contributed by atoms with Crippen molar-refractivity contribution in [2.75, 3.05) is 11.4 Å². The van der Waals surface area contributed by atoms with E-state index in [4.69, 9.17) is 11.6 Å². The predicted octanol–water partition coefficient (Wildman–Crippen LogP) is 2.45. The summed E-state index contributed by atoms with van der Waals surface area (Å²) in [6.07, 6.45) is 0. The molecule has 1 aromatic rings. The second-order valence-corrected chi connectivity index (χ2v) is 3.66. The molecular formula is C10H16ClN3. The Kier molecular flexibility index (Phi) is 4.14. The highest BCUT2D eigenvalue weighted by Gasteiger charge is 2.09. The summed E-state index contributed by atoms with van der Waals surface area (Å²) in [4.78, 5) is 2.19. The normalized spacial score (nSPS) is 10.6. The number of anilines is 1. The highest BCUT2D eigenvalue weighted by Crippen LogP contribution is 2.12. The Morgan fingerprint density at radius 1 is 1.36 bits per heavy atom. The van der Waals surface area contributed by atoms with Gasteiger partial charge in [-0.1, -0.05) is 0 Å². The van der Waals surface area contributed by atoms with Gasteiger partial charge in [0.2, 0.25) is 0 Å². The number of hydrogen-bond donors (Lipinski definition) is 0. The maximum absolute atomic E-state index is 5.64. The topological polar surface area (TPSA) is 29.0 Å². The third-order valence-electron chi connectivity index (χ3n) is 2.10. The average Bonchev–Trinajstić information content (AvgIpc) is 2.19. The molecule has 3 nitrogen and oxygen atoms in total. The van der Waals surface area contributed by atoms with Crippen LogP contribution in [0.2, 0.25) is 0 Å². The zero-order valence-corrected chi connectivity index (χ0v) is 9.62. The SMILES string of the molecule is CCN(c1ccc(CCl)nn1)C(C)C. The van der Waals surface area contributed by atoms with Crippen molar-refractivity contribution in [1.29, 1.82) is 0 Å². The second kappa shape index (κ2) is 5.15. The lowest BCUT2D eigenvalue weighted by Gasteiger charge is -2.25. The molecule has 0 bridgehead atoms. The summed E-state index contributed by atoms with van der Waals surface area (Å²) >= 11 is 5.64. The molecule has 0 aliphatic heterocycles. The fourth-order valence-corrected chi connectivity index (χ4v) is 1.51. The van der Waals surface area contributed by atoms with Gasteiger partial charge in [-0.05, 0) is 32.9 Å². The van der Waals surface area contributed by atoms with Gasteiger partial charge in [-0.25, -0.2) is 0 Å². The molecule has 0 saturated heterocycles. The Hall–Kier alpha value is -0.830. The van der Waals surface area contributed by atoms with Crippen LogP contribution in [0.25, 0.3) is 0 Å². The maximum Gasteiger partial charge on any atom is 0.151 e. The Bertz CT molecular complexity index is 271. The fourth-order valence-electron chi connectivity index (χ4n) is 1.37. The first-order valence-corrected chi connectivity index (χ1v) is 5.37. The van der Waals surface area contributed by atoms with Crippen LogP contribution in [-0.4, -0.2) is 22.8 Å². The number of aromatic nitrogens is 2. The van der Waals surface area contributed by atoms with Crippen molar-refractivity contribution in [2.24, 2.45) is 0 Å². The molecule has 78 valence electrons. The van der Waals surface area contributed by atoms with Gasteiger partial charge < -0.3 is 4.90 Å². The summed E-state index contributed by atoms with van der Waals surface area (Å²) in [6, 6.07) is 4.32. The molecular weight excluding hydrogens is 198 g/mol. The van der Waals surface area contributed by atoms with Crippen molar-refractivity contribution in [2.45, 2.75) is 32.7 Å². The summed E-state index contributed by atoms with van der Waals surface area (Å²) in [5.74, 6) is 1.33. The molecule has 0 amide bonds. The van der Waals surface area contributed by atoms with E-state index in [1.165, 1.54) is 0 Å². The van der Waals surface area contributed by atoms with Crippen LogP contribution >= 0.6 is 11.6 Å². The first-order chi connectivity index (χ1) is 6.69. The van der Waals surface area contributed by atoms with Crippen LogP contribution in [0.5, 0.6) is 0 Å². The average molecular weight is 214 g/mol. The van der Waals surface area contributed by atoms with Crippen molar-refractivity contribution in [1.82, 2.24) is 10.2 Å². The molecule has 1 heterocycles. The van der Waals surface area contributed by atoms with Gasteiger partial charge in [-0.2, -0.15) is 5.10 Å². The molecule has 0 aliphatic carbocycles. The van der Waals surface area contributed by atoms with Gasteiger partial charge in [-0.15, -0.1) is 16.7 Å². The molecule has 0 unspecified atom stereocenters. The van der Waals surface area contributed by atoms with Crippen LogP contribution in [0, 0.1) is 0 Å². The largest absolute Gasteiger partial charge is 0.353 e. The Morgan fingerprint density at radius 2 is 2.07 bits per heavy atom. The summed E-state index contributed by atoms with van der Waals surface area (Å²) in [6.45, 7) is 7.32. The molecule has 0 radical (unpaired) electrons. The molecule has 14 heavy (non-hydrogen) atoms. The molecule has 1 aromatic heterocycles. The smallest absolute Gasteiger partial charge is 0.151 e. The highest BCUT2D eigenvalue weighted by molar-refractivity contribution is 6.16. The third kappa shape index (κ3) is 2.58. The van der Waals surface area contributed by atoms with Gasteiger partial charge in [0.15, 0.2) is 5.82 Å². The summed E-state index contributed by atoms with van der Waals surface area (Å²) in [7, 11) is 0. The van der Waals surface area contributed by atoms with E-state index >= 15 is 0 Å². The van der Waals surface area contributed by atoms with Crippen LogP contribution in [-0.2, 0) is 5.88 Å². The Balaban J connectivity index is 2.84. The number of alkyl halides is 1. The Morgan fingerprint density at radius 3 is 2.43 bits per heavy atom. The quantitative estimate of drug-likeness (QED) is 0.720. The maximum atomic E-state index is 5.64. The standard InChI is InChI=1S/C10H16ClN3/c1-4-14(8(2)3)10-6-5-9(7-11)12-13-10/h5-6,8H,4,7H2,1-3H3. The molecule has 0 spiro atoms. The minimum atomic E-state index is 0.418. The monoisotopic (exact) mass is 213 g/mol. The van der Waals surface area contributed by atoms with Gasteiger partial charge in [0.05, 0.1) is 11.6 Å². The van der Waals surface area contributed by atoms with Gasteiger partial charge >= 0.3 is 0 Å². The first-order valence-electron chi connectivity index (χ1n) is 4.84. The van der Waals surface area contributed by atoms with Gasteiger partial charge in [0.25, 0.3) is 0 Å². The lowest BCUT2D eigenvalue weighted by atomic mass is 10.3. The van der Waals surface area contributed by atoms with Crippen LogP contribution in [0.15, 0.2) is 12.1 Å². The summed E-state index contributed by atoms with van der Waals surface area (Å²) in [5, 5.41) is 8.16. The van der Waals surface area contributed by atoms with Crippen molar-refractivity contribution < 1.29 is 0 Å². The minimum absolute atomic E-state index is 0.418. The minimum Gasteiger partial charge on any atom is -0.353 e. The molecule has 0 fully saturated rings. The fraction of sp³-hybridized carbons (Fsp3) is 0.600. The molecule has 0 aromatic carbocycles. The van der Waals surface area contributed by atoms with Gasteiger partial charge in [0, 0.05) is 12.6 Å². The number of rotatable bonds is 4. The van der Waals surface area contributed by atoms with E-state index in [-0.39, 0.29) is 0 Å². The molecule has 1 rings (SSSR count). The Labute approximate surface area is 90.1 Å². The first kappa shape index (κ1) is 11.2. The van der Waals surface area contributed by atoms with Crippen molar-refractivity contribution in [3.63, 3.8) is 0 Å². The van der Waals surface area contributed by atoms with Crippen LogP contribution in [0.1, 0.15) is 26.5 Å². The molecule has 0 aliphatic rings. The van der Waals surface area contributed by atoms with E-state index in [1.807, 2.05) is 12.1 Å². The zero-order chi connectivity index (χ0) is 10.6. The van der Waals surface area contributed by atoms with Gasteiger partial charge in [-0.3, -0.25) is 0 Å². The van der Waals surface area contributed by atoms with E-state index in [1.54, 1.807) is 0 Å². The van der Waals surface area contributed by atoms with Crippen molar-refractivity contribution >= 4 is 17.4 Å². The lowest BCUT2D eigenvalue weighted by molar-refractivity contribution is 0.684. The lowest BCUT2D eigenvalue weighted by Crippen LogP contribution is -2.31. The third-order valence-corrected chi connectivity index (χ3v) is 2.37. The van der Waals surface area contributed by atoms with Crippen molar-refractivity contribution in [3.05, 3.63) is 17.8 Å². The van der Waals surface area contributed by atoms with E-state index in [0.717, 1.165) is 18.1 Å². The summed E-state index contributed by atoms with van der Waals surface area (Å²) in [5.41, 5.74) is 0.815. The molecule has 0 N–H and O–H groups in total. The highest BCUT2D eigenvalue weighted by atomic mass is 35.5. The van der Waals surface area contributed by atoms with Crippen molar-refractivity contribution in [3.8, 4) is 0 Å². The molecule has 4 heteroatoms.